The quantitative estimate of drug-likeness (QED) is 0.505. The normalized spacial score (nSPS) is 16.1. The molecule has 1 atom stereocenters. The molecule has 168 valence electrons. The molecule has 0 saturated carbocycles. The van der Waals surface area contributed by atoms with Gasteiger partial charge in [0, 0.05) is 19.8 Å². The van der Waals surface area contributed by atoms with Gasteiger partial charge in [0.1, 0.15) is 0 Å². The van der Waals surface area contributed by atoms with Crippen LogP contribution in [0.1, 0.15) is 52.4 Å². The van der Waals surface area contributed by atoms with Crippen molar-refractivity contribution < 1.29 is 14.2 Å². The maximum Gasteiger partial charge on any atom is 0.320 e. The van der Waals surface area contributed by atoms with Gasteiger partial charge >= 0.3 is 6.01 Å². The Morgan fingerprint density at radius 1 is 1.23 bits per heavy atom. The minimum Gasteiger partial charge on any atom is -0.468 e. The molecular formula is C21H36N6O3. The molecule has 9 heteroatoms. The molecule has 30 heavy (non-hydrogen) atoms. The number of methoxy groups -OCH3 is 1. The predicted octanol–water partition coefficient (Wildman–Crippen LogP) is 2.78. The predicted molar refractivity (Wildman–Crippen MR) is 117 cm³/mol. The molecule has 0 amide bonds. The van der Waals surface area contributed by atoms with Crippen LogP contribution in [-0.4, -0.2) is 59.0 Å². The highest BCUT2D eigenvalue weighted by Crippen LogP contribution is 2.26. The number of aromatic nitrogens is 4. The van der Waals surface area contributed by atoms with E-state index in [0.29, 0.717) is 29.0 Å². The monoisotopic (exact) mass is 420 g/mol. The SMILES string of the molecule is CCC[C@H](C)Oc1nc(N)c2nc(OC)n(CCCCNCC3CCOCC3)c2n1. The summed E-state index contributed by atoms with van der Waals surface area (Å²) < 4.78 is 18.7. The zero-order valence-electron chi connectivity index (χ0n) is 18.5. The van der Waals surface area contributed by atoms with Crippen molar-refractivity contribution in [1.29, 1.82) is 0 Å². The van der Waals surface area contributed by atoms with E-state index in [9.17, 15) is 0 Å². The molecular weight excluding hydrogens is 384 g/mol. The average molecular weight is 421 g/mol. The Balaban J connectivity index is 1.58. The van der Waals surface area contributed by atoms with Crippen molar-refractivity contribution in [2.75, 3.05) is 39.1 Å². The van der Waals surface area contributed by atoms with Gasteiger partial charge in [-0.05, 0) is 58.0 Å². The lowest BCUT2D eigenvalue weighted by molar-refractivity contribution is 0.0663. The molecule has 3 heterocycles. The molecule has 0 unspecified atom stereocenters. The van der Waals surface area contributed by atoms with Crippen molar-refractivity contribution in [3.8, 4) is 12.0 Å². The number of fused-ring (bicyclic) bond motifs is 1. The van der Waals surface area contributed by atoms with E-state index in [1.54, 1.807) is 7.11 Å². The fourth-order valence-corrected chi connectivity index (χ4v) is 3.81. The number of unbranched alkanes of at least 4 members (excludes halogenated alkanes) is 1. The van der Waals surface area contributed by atoms with Crippen molar-refractivity contribution >= 4 is 17.0 Å². The van der Waals surface area contributed by atoms with E-state index in [-0.39, 0.29) is 6.10 Å². The van der Waals surface area contributed by atoms with Crippen molar-refractivity contribution in [3.05, 3.63) is 0 Å². The lowest BCUT2D eigenvalue weighted by atomic mass is 10.0. The second-order valence-electron chi connectivity index (χ2n) is 8.00. The Morgan fingerprint density at radius 3 is 2.77 bits per heavy atom. The number of rotatable bonds is 12. The maximum absolute atomic E-state index is 6.13. The molecule has 0 spiro atoms. The van der Waals surface area contributed by atoms with Crippen LogP contribution in [0.25, 0.3) is 11.2 Å². The van der Waals surface area contributed by atoms with Gasteiger partial charge in [-0.25, -0.2) is 0 Å². The Morgan fingerprint density at radius 2 is 2.03 bits per heavy atom. The molecule has 3 N–H and O–H groups in total. The zero-order valence-corrected chi connectivity index (χ0v) is 18.5. The summed E-state index contributed by atoms with van der Waals surface area (Å²) in [6.45, 7) is 8.74. The molecule has 0 aliphatic carbocycles. The van der Waals surface area contributed by atoms with Gasteiger partial charge in [-0.2, -0.15) is 15.0 Å². The minimum atomic E-state index is 0.0342. The summed E-state index contributed by atoms with van der Waals surface area (Å²) in [6, 6.07) is 0.794. The van der Waals surface area contributed by atoms with Crippen molar-refractivity contribution in [2.24, 2.45) is 5.92 Å². The van der Waals surface area contributed by atoms with Crippen LogP contribution in [0.5, 0.6) is 12.0 Å². The van der Waals surface area contributed by atoms with Crippen LogP contribution in [0.2, 0.25) is 0 Å². The standard InChI is InChI=1S/C21H36N6O3/c1-4-7-15(2)30-20-25-18(22)17-19(26-20)27(21(24-17)28-3)11-6-5-10-23-14-16-8-12-29-13-9-16/h15-16,23H,4-14H2,1-3H3,(H2,22,25,26)/t15-/m0/s1. The number of hydrogen-bond acceptors (Lipinski definition) is 8. The van der Waals surface area contributed by atoms with Gasteiger partial charge in [-0.15, -0.1) is 0 Å². The summed E-state index contributed by atoms with van der Waals surface area (Å²) in [5.74, 6) is 1.05. The second-order valence-corrected chi connectivity index (χ2v) is 8.00. The Labute approximate surface area is 178 Å². The van der Waals surface area contributed by atoms with Crippen LogP contribution in [-0.2, 0) is 11.3 Å². The first kappa shape index (κ1) is 22.6. The Hall–Kier alpha value is -2.13. The third kappa shape index (κ3) is 5.95. The number of hydrogen-bond donors (Lipinski definition) is 2. The van der Waals surface area contributed by atoms with Crippen molar-refractivity contribution in [2.45, 2.75) is 65.0 Å². The lowest BCUT2D eigenvalue weighted by Crippen LogP contribution is -2.28. The third-order valence-electron chi connectivity index (χ3n) is 5.51. The maximum atomic E-state index is 6.13. The van der Waals surface area contributed by atoms with E-state index < -0.39 is 0 Å². The third-order valence-corrected chi connectivity index (χ3v) is 5.51. The van der Waals surface area contributed by atoms with E-state index >= 15 is 0 Å². The molecule has 2 aromatic heterocycles. The molecule has 0 bridgehead atoms. The highest BCUT2D eigenvalue weighted by molar-refractivity contribution is 5.83. The van der Waals surface area contributed by atoms with E-state index in [4.69, 9.17) is 19.9 Å². The highest BCUT2D eigenvalue weighted by atomic mass is 16.5. The van der Waals surface area contributed by atoms with Crippen LogP contribution in [0.4, 0.5) is 5.82 Å². The fraction of sp³-hybridized carbons (Fsp3) is 0.762. The summed E-state index contributed by atoms with van der Waals surface area (Å²) in [7, 11) is 1.61. The Kier molecular flexibility index (Phi) is 8.50. The van der Waals surface area contributed by atoms with Crippen LogP contribution < -0.4 is 20.5 Å². The fourth-order valence-electron chi connectivity index (χ4n) is 3.81. The number of nitrogens with one attached hydrogen (secondary N) is 1. The largest absolute Gasteiger partial charge is 0.468 e. The van der Waals surface area contributed by atoms with Gasteiger partial charge in [0.15, 0.2) is 17.0 Å². The number of nitrogens with zero attached hydrogens (tertiary/aromatic N) is 4. The smallest absolute Gasteiger partial charge is 0.320 e. The first-order valence-corrected chi connectivity index (χ1v) is 11.1. The molecule has 1 saturated heterocycles. The van der Waals surface area contributed by atoms with Gasteiger partial charge in [0.2, 0.25) is 0 Å². The number of nitrogens with two attached hydrogens (primary N) is 1. The number of imidazole rings is 1. The number of anilines is 1. The summed E-state index contributed by atoms with van der Waals surface area (Å²) >= 11 is 0. The first-order valence-electron chi connectivity index (χ1n) is 11.1. The van der Waals surface area contributed by atoms with Gasteiger partial charge < -0.3 is 25.3 Å². The topological polar surface area (TPSA) is 109 Å². The summed E-state index contributed by atoms with van der Waals surface area (Å²) in [4.78, 5) is 13.3. The molecule has 1 aliphatic heterocycles. The van der Waals surface area contributed by atoms with Crippen molar-refractivity contribution in [1.82, 2.24) is 24.8 Å². The number of aryl methyl sites for hydroxylation is 1. The molecule has 0 radical (unpaired) electrons. The average Bonchev–Trinajstić information content (AvgIpc) is 3.09. The number of ether oxygens (including phenoxy) is 3. The van der Waals surface area contributed by atoms with E-state index in [1.165, 1.54) is 0 Å². The molecule has 0 aromatic carbocycles. The summed E-state index contributed by atoms with van der Waals surface area (Å²) in [5.41, 5.74) is 7.34. The van der Waals surface area contributed by atoms with Crippen LogP contribution in [0.15, 0.2) is 0 Å². The van der Waals surface area contributed by atoms with Gasteiger partial charge in [-0.3, -0.25) is 4.57 Å². The first-order chi connectivity index (χ1) is 14.6. The molecule has 1 fully saturated rings. The van der Waals surface area contributed by atoms with Crippen LogP contribution in [0, 0.1) is 5.92 Å². The zero-order chi connectivity index (χ0) is 21.3. The van der Waals surface area contributed by atoms with Gasteiger partial charge in [0.25, 0.3) is 6.01 Å². The second kappa shape index (κ2) is 11.3. The summed E-state index contributed by atoms with van der Waals surface area (Å²) in [5, 5.41) is 3.58. The number of nitrogen functional groups attached to an aromatic ring is 1. The minimum absolute atomic E-state index is 0.0342. The van der Waals surface area contributed by atoms with Gasteiger partial charge in [-0.1, -0.05) is 13.3 Å². The molecule has 9 nitrogen and oxygen atoms in total. The van der Waals surface area contributed by atoms with Gasteiger partial charge in [0.05, 0.1) is 13.2 Å². The Bertz CT molecular complexity index is 791. The summed E-state index contributed by atoms with van der Waals surface area (Å²) in [6.07, 6.45) is 6.37. The van der Waals surface area contributed by atoms with E-state index in [0.717, 1.165) is 77.3 Å². The molecule has 1 aliphatic rings. The van der Waals surface area contributed by atoms with E-state index in [1.807, 2.05) is 11.5 Å². The van der Waals surface area contributed by atoms with E-state index in [2.05, 4.69) is 27.2 Å². The van der Waals surface area contributed by atoms with Crippen LogP contribution in [0.3, 0.4) is 0 Å². The molecule has 3 rings (SSSR count). The highest BCUT2D eigenvalue weighted by Gasteiger charge is 2.18. The lowest BCUT2D eigenvalue weighted by Gasteiger charge is -2.22. The molecule has 2 aromatic rings. The van der Waals surface area contributed by atoms with Crippen LogP contribution >= 0.6 is 0 Å². The van der Waals surface area contributed by atoms with Crippen molar-refractivity contribution in [3.63, 3.8) is 0 Å².